The van der Waals surface area contributed by atoms with Crippen LogP contribution < -0.4 is 10.6 Å². The summed E-state index contributed by atoms with van der Waals surface area (Å²) in [5.41, 5.74) is 0.135. The van der Waals surface area contributed by atoms with Crippen molar-refractivity contribution in [2.75, 3.05) is 11.9 Å². The summed E-state index contributed by atoms with van der Waals surface area (Å²) in [6.07, 6.45) is -0.277. The van der Waals surface area contributed by atoms with Gasteiger partial charge in [0.25, 0.3) is 0 Å². The summed E-state index contributed by atoms with van der Waals surface area (Å²) in [4.78, 5) is 38.9. The molecule has 1 aromatic heterocycles. The monoisotopic (exact) mass is 437 g/mol. The predicted molar refractivity (Wildman–Crippen MR) is 112 cm³/mol. The molecule has 0 aliphatic heterocycles. The molecule has 0 saturated carbocycles. The number of hydrogen-bond donors (Lipinski definition) is 2. The quantitative estimate of drug-likeness (QED) is 0.697. The van der Waals surface area contributed by atoms with Crippen molar-refractivity contribution in [2.45, 2.75) is 45.7 Å². The van der Waals surface area contributed by atoms with Gasteiger partial charge in [-0.15, -0.1) is 0 Å². The van der Waals surface area contributed by atoms with Crippen LogP contribution in [0.5, 0.6) is 0 Å². The molecule has 30 heavy (non-hydrogen) atoms. The van der Waals surface area contributed by atoms with Crippen LogP contribution in [0.1, 0.15) is 33.3 Å². The minimum atomic E-state index is -0.927. The highest BCUT2D eigenvalue weighted by atomic mass is 32.1. The second-order valence-corrected chi connectivity index (χ2v) is 8.68. The largest absolute Gasteiger partial charge is 0.344 e. The normalized spacial score (nSPS) is 12.2. The van der Waals surface area contributed by atoms with Gasteiger partial charge in [0.15, 0.2) is 0 Å². The number of amides is 3. The number of benzene rings is 1. The zero-order chi connectivity index (χ0) is 22.5. The minimum Gasteiger partial charge on any atom is -0.344 e. The molecular weight excluding hydrogens is 412 g/mol. The minimum absolute atomic E-state index is 0.160. The van der Waals surface area contributed by atoms with Crippen molar-refractivity contribution in [3.8, 4) is 0 Å². The zero-order valence-electron chi connectivity index (χ0n) is 17.3. The van der Waals surface area contributed by atoms with Gasteiger partial charge in [-0.25, -0.2) is 8.78 Å². The lowest BCUT2D eigenvalue weighted by Crippen LogP contribution is -2.55. The van der Waals surface area contributed by atoms with Crippen molar-refractivity contribution in [3.63, 3.8) is 0 Å². The van der Waals surface area contributed by atoms with E-state index in [1.165, 1.54) is 23.2 Å². The van der Waals surface area contributed by atoms with Gasteiger partial charge in [0.2, 0.25) is 17.7 Å². The molecule has 162 valence electrons. The number of nitrogens with one attached hydrogen (secondary N) is 2. The second-order valence-electron chi connectivity index (χ2n) is 7.90. The molecule has 3 amide bonds. The van der Waals surface area contributed by atoms with Crippen molar-refractivity contribution < 1.29 is 23.2 Å². The van der Waals surface area contributed by atoms with Gasteiger partial charge in [0, 0.05) is 17.0 Å². The number of rotatable bonds is 7. The van der Waals surface area contributed by atoms with Crippen molar-refractivity contribution in [2.24, 2.45) is 0 Å². The lowest BCUT2D eigenvalue weighted by molar-refractivity contribution is -0.142. The summed E-state index contributed by atoms with van der Waals surface area (Å²) >= 11 is 1.44. The van der Waals surface area contributed by atoms with E-state index in [1.807, 2.05) is 5.38 Å². The number of carbonyl (C=O) groups excluding carboxylic acids is 3. The molecule has 9 heteroatoms. The van der Waals surface area contributed by atoms with Gasteiger partial charge in [0.05, 0.1) is 12.1 Å². The smallest absolute Gasteiger partial charge is 0.245 e. The van der Waals surface area contributed by atoms with E-state index >= 15 is 0 Å². The molecule has 1 heterocycles. The van der Waals surface area contributed by atoms with Crippen LogP contribution in [0.15, 0.2) is 35.0 Å². The van der Waals surface area contributed by atoms with Gasteiger partial charge >= 0.3 is 0 Å². The molecule has 0 fully saturated rings. The Morgan fingerprint density at radius 3 is 2.27 bits per heavy atom. The molecule has 0 bridgehead atoms. The molecule has 2 rings (SSSR count). The maximum atomic E-state index is 13.3. The lowest BCUT2D eigenvalue weighted by atomic mass is 10.0. The Morgan fingerprint density at radius 2 is 1.73 bits per heavy atom. The topological polar surface area (TPSA) is 78.5 Å². The molecule has 0 spiro atoms. The lowest BCUT2D eigenvalue weighted by Gasteiger charge is -2.37. The van der Waals surface area contributed by atoms with Crippen molar-refractivity contribution in [3.05, 3.63) is 52.2 Å². The number of halogens is 2. The average molecular weight is 438 g/mol. The van der Waals surface area contributed by atoms with E-state index < -0.39 is 35.0 Å². The zero-order valence-corrected chi connectivity index (χ0v) is 18.1. The molecule has 1 atom stereocenters. The highest BCUT2D eigenvalue weighted by molar-refractivity contribution is 7.08. The summed E-state index contributed by atoms with van der Waals surface area (Å²) in [7, 11) is 0. The van der Waals surface area contributed by atoms with E-state index in [1.54, 1.807) is 32.2 Å². The van der Waals surface area contributed by atoms with Crippen molar-refractivity contribution in [1.82, 2.24) is 10.2 Å². The van der Waals surface area contributed by atoms with Gasteiger partial charge < -0.3 is 15.5 Å². The van der Waals surface area contributed by atoms with Crippen LogP contribution in [0.2, 0.25) is 0 Å². The summed E-state index contributed by atoms with van der Waals surface area (Å²) in [6.45, 7) is 6.67. The molecule has 6 nitrogen and oxygen atoms in total. The Kier molecular flexibility index (Phi) is 7.66. The Balaban J connectivity index is 2.01. The molecule has 0 unspecified atom stereocenters. The van der Waals surface area contributed by atoms with Crippen LogP contribution in [0.25, 0.3) is 0 Å². The fourth-order valence-corrected chi connectivity index (χ4v) is 3.40. The fourth-order valence-electron chi connectivity index (χ4n) is 2.81. The first-order chi connectivity index (χ1) is 14.0. The standard InChI is InChI=1S/C21H25F2N3O3S/c1-13(24-18(27)9-14-7-15(22)10-16(23)8-14)20(29)26(21(2,3)4)11-19(28)25-17-5-6-30-12-17/h5-8,10,12-13H,9,11H2,1-4H3,(H,24,27)(H,25,28)/t13-/m0/s1. The first kappa shape index (κ1) is 23.5. The van der Waals surface area contributed by atoms with E-state index in [4.69, 9.17) is 0 Å². The molecular formula is C21H25F2N3O3S. The van der Waals surface area contributed by atoms with Gasteiger partial charge in [-0.2, -0.15) is 11.3 Å². The number of anilines is 1. The molecule has 2 N–H and O–H groups in total. The van der Waals surface area contributed by atoms with Crippen LogP contribution >= 0.6 is 11.3 Å². The van der Waals surface area contributed by atoms with Crippen molar-refractivity contribution >= 4 is 34.7 Å². The van der Waals surface area contributed by atoms with E-state index in [0.29, 0.717) is 5.69 Å². The molecule has 0 radical (unpaired) electrons. The Morgan fingerprint density at radius 1 is 1.10 bits per heavy atom. The summed E-state index contributed by atoms with van der Waals surface area (Å²) in [5.74, 6) is -2.92. The molecule has 1 aromatic carbocycles. The number of carbonyl (C=O) groups is 3. The Bertz CT molecular complexity index is 890. The van der Waals surface area contributed by atoms with Crippen LogP contribution in [0, 0.1) is 11.6 Å². The van der Waals surface area contributed by atoms with Gasteiger partial charge in [-0.05, 0) is 56.8 Å². The van der Waals surface area contributed by atoms with Gasteiger partial charge in [-0.1, -0.05) is 0 Å². The highest BCUT2D eigenvalue weighted by Gasteiger charge is 2.32. The first-order valence-electron chi connectivity index (χ1n) is 9.33. The van der Waals surface area contributed by atoms with E-state index in [-0.39, 0.29) is 24.4 Å². The average Bonchev–Trinajstić information content (AvgIpc) is 3.09. The van der Waals surface area contributed by atoms with E-state index in [0.717, 1.165) is 18.2 Å². The second kappa shape index (κ2) is 9.80. The third kappa shape index (κ3) is 6.91. The molecule has 0 saturated heterocycles. The number of hydrogen-bond acceptors (Lipinski definition) is 4. The van der Waals surface area contributed by atoms with Crippen LogP contribution in [-0.4, -0.2) is 40.7 Å². The third-order valence-electron chi connectivity index (χ3n) is 4.22. The van der Waals surface area contributed by atoms with Crippen LogP contribution in [0.4, 0.5) is 14.5 Å². The first-order valence-corrected chi connectivity index (χ1v) is 10.3. The van der Waals surface area contributed by atoms with Crippen LogP contribution in [-0.2, 0) is 20.8 Å². The summed E-state index contributed by atoms with van der Waals surface area (Å²) in [6, 6.07) is 3.67. The maximum absolute atomic E-state index is 13.3. The third-order valence-corrected chi connectivity index (χ3v) is 4.90. The summed E-state index contributed by atoms with van der Waals surface area (Å²) < 4.78 is 26.6. The highest BCUT2D eigenvalue weighted by Crippen LogP contribution is 2.17. The maximum Gasteiger partial charge on any atom is 0.245 e. The fraction of sp³-hybridized carbons (Fsp3) is 0.381. The molecule has 2 aromatic rings. The van der Waals surface area contributed by atoms with E-state index in [9.17, 15) is 23.2 Å². The van der Waals surface area contributed by atoms with Gasteiger partial charge in [0.1, 0.15) is 24.2 Å². The Hall–Kier alpha value is -2.81. The van der Waals surface area contributed by atoms with E-state index in [2.05, 4.69) is 10.6 Å². The number of nitrogens with zero attached hydrogens (tertiary/aromatic N) is 1. The van der Waals surface area contributed by atoms with Gasteiger partial charge in [-0.3, -0.25) is 14.4 Å². The summed E-state index contributed by atoms with van der Waals surface area (Å²) in [5, 5.41) is 8.86. The SMILES string of the molecule is C[C@H](NC(=O)Cc1cc(F)cc(F)c1)C(=O)N(CC(=O)Nc1ccsc1)C(C)(C)C. The molecule has 0 aliphatic carbocycles. The van der Waals surface area contributed by atoms with Crippen LogP contribution in [0.3, 0.4) is 0 Å². The Labute approximate surface area is 178 Å². The number of thiophene rings is 1. The van der Waals surface area contributed by atoms with Crippen molar-refractivity contribution in [1.29, 1.82) is 0 Å². The predicted octanol–water partition coefficient (Wildman–Crippen LogP) is 3.34. The molecule has 0 aliphatic rings.